The standard InChI is InChI=1S/C12H13BrFN3S/c1-7-6-18-11(16-7)5-10(17-15)8-3-2-4-9(13)12(8)14/h2-4,6,10,17H,5,15H2,1H3. The molecule has 3 N–H and O–H groups in total. The first-order valence-electron chi connectivity index (χ1n) is 5.43. The van der Waals surface area contributed by atoms with Gasteiger partial charge in [-0.05, 0) is 28.9 Å². The first-order chi connectivity index (χ1) is 8.61. The van der Waals surface area contributed by atoms with Crippen LogP contribution in [0.1, 0.15) is 22.3 Å². The molecule has 0 saturated carbocycles. The summed E-state index contributed by atoms with van der Waals surface area (Å²) in [6, 6.07) is 4.90. The molecule has 0 saturated heterocycles. The average molecular weight is 330 g/mol. The summed E-state index contributed by atoms with van der Waals surface area (Å²) in [5, 5.41) is 2.91. The predicted molar refractivity (Wildman–Crippen MR) is 74.7 cm³/mol. The molecule has 6 heteroatoms. The Kier molecular flexibility index (Phi) is 4.45. The van der Waals surface area contributed by atoms with Crippen LogP contribution in [0.4, 0.5) is 4.39 Å². The van der Waals surface area contributed by atoms with Gasteiger partial charge in [-0.25, -0.2) is 9.37 Å². The van der Waals surface area contributed by atoms with E-state index in [9.17, 15) is 4.39 Å². The van der Waals surface area contributed by atoms with Gasteiger partial charge in [-0.15, -0.1) is 11.3 Å². The van der Waals surface area contributed by atoms with Gasteiger partial charge >= 0.3 is 0 Å². The summed E-state index contributed by atoms with van der Waals surface area (Å²) in [4.78, 5) is 4.36. The fourth-order valence-electron chi connectivity index (χ4n) is 1.72. The van der Waals surface area contributed by atoms with Crippen molar-refractivity contribution in [2.75, 3.05) is 0 Å². The number of aryl methyl sites for hydroxylation is 1. The van der Waals surface area contributed by atoms with Crippen LogP contribution >= 0.6 is 27.3 Å². The van der Waals surface area contributed by atoms with Gasteiger partial charge in [0.25, 0.3) is 0 Å². The molecule has 2 aromatic rings. The van der Waals surface area contributed by atoms with Gasteiger partial charge in [0.05, 0.1) is 15.5 Å². The fraction of sp³-hybridized carbons (Fsp3) is 0.250. The SMILES string of the molecule is Cc1csc(CC(NN)c2cccc(Br)c2F)n1. The third-order valence-electron chi connectivity index (χ3n) is 2.60. The number of hydrogen-bond acceptors (Lipinski definition) is 4. The third-order valence-corrected chi connectivity index (χ3v) is 4.20. The molecule has 1 unspecified atom stereocenters. The zero-order valence-corrected chi connectivity index (χ0v) is 12.2. The number of hydrogen-bond donors (Lipinski definition) is 2. The van der Waals surface area contributed by atoms with E-state index >= 15 is 0 Å². The van der Waals surface area contributed by atoms with Crippen molar-refractivity contribution >= 4 is 27.3 Å². The predicted octanol–water partition coefficient (Wildman–Crippen LogP) is 3.10. The second-order valence-electron chi connectivity index (χ2n) is 3.95. The minimum absolute atomic E-state index is 0.284. The highest BCUT2D eigenvalue weighted by Crippen LogP contribution is 2.26. The van der Waals surface area contributed by atoms with E-state index in [0.29, 0.717) is 16.5 Å². The van der Waals surface area contributed by atoms with Crippen LogP contribution in [-0.4, -0.2) is 4.98 Å². The molecule has 0 aliphatic carbocycles. The van der Waals surface area contributed by atoms with Crippen molar-refractivity contribution in [1.82, 2.24) is 10.4 Å². The van der Waals surface area contributed by atoms with Crippen LogP contribution in [0.15, 0.2) is 28.1 Å². The number of halogens is 2. The lowest BCUT2D eigenvalue weighted by Gasteiger charge is -2.16. The number of hydrazine groups is 1. The highest BCUT2D eigenvalue weighted by Gasteiger charge is 2.17. The molecule has 1 aromatic heterocycles. The van der Waals surface area contributed by atoms with Crippen LogP contribution in [0, 0.1) is 12.7 Å². The molecule has 96 valence electrons. The number of aromatic nitrogens is 1. The Morgan fingerprint density at radius 2 is 2.33 bits per heavy atom. The van der Waals surface area contributed by atoms with Crippen LogP contribution in [-0.2, 0) is 6.42 Å². The molecule has 0 aliphatic heterocycles. The summed E-state index contributed by atoms with van der Waals surface area (Å²) in [7, 11) is 0. The minimum atomic E-state index is -0.284. The Balaban J connectivity index is 2.25. The smallest absolute Gasteiger partial charge is 0.142 e. The molecule has 1 heterocycles. The van der Waals surface area contributed by atoms with Gasteiger partial charge in [0.1, 0.15) is 5.82 Å². The second kappa shape index (κ2) is 5.88. The largest absolute Gasteiger partial charge is 0.271 e. The summed E-state index contributed by atoms with van der Waals surface area (Å²) in [5.41, 5.74) is 4.16. The van der Waals surface area contributed by atoms with Crippen molar-refractivity contribution in [3.63, 3.8) is 0 Å². The average Bonchev–Trinajstić information content (AvgIpc) is 2.76. The summed E-state index contributed by atoms with van der Waals surface area (Å²) in [6.45, 7) is 1.94. The molecule has 0 aliphatic rings. The number of nitrogens with zero attached hydrogens (tertiary/aromatic N) is 1. The van der Waals surface area contributed by atoms with Gasteiger partial charge in [-0.1, -0.05) is 12.1 Å². The van der Waals surface area contributed by atoms with Crippen molar-refractivity contribution in [1.29, 1.82) is 0 Å². The molecule has 2 rings (SSSR count). The van der Waals surface area contributed by atoms with E-state index in [0.717, 1.165) is 10.7 Å². The van der Waals surface area contributed by atoms with E-state index in [1.165, 1.54) is 0 Å². The monoisotopic (exact) mass is 329 g/mol. The number of benzene rings is 1. The lowest BCUT2D eigenvalue weighted by atomic mass is 10.0. The Hall–Kier alpha value is -0.820. The molecule has 3 nitrogen and oxygen atoms in total. The first kappa shape index (κ1) is 13.6. The van der Waals surface area contributed by atoms with E-state index < -0.39 is 0 Å². The van der Waals surface area contributed by atoms with Gasteiger partial charge in [0.2, 0.25) is 0 Å². The van der Waals surface area contributed by atoms with Crippen molar-refractivity contribution in [2.45, 2.75) is 19.4 Å². The first-order valence-corrected chi connectivity index (χ1v) is 7.10. The maximum atomic E-state index is 14.0. The highest BCUT2D eigenvalue weighted by atomic mass is 79.9. The van der Waals surface area contributed by atoms with Gasteiger partial charge in [-0.3, -0.25) is 11.3 Å². The quantitative estimate of drug-likeness (QED) is 0.669. The summed E-state index contributed by atoms with van der Waals surface area (Å²) < 4.78 is 14.4. The Bertz CT molecular complexity index is 544. The summed E-state index contributed by atoms with van der Waals surface area (Å²) >= 11 is 4.73. The maximum absolute atomic E-state index is 14.0. The molecule has 0 spiro atoms. The normalized spacial score (nSPS) is 12.7. The lowest BCUT2D eigenvalue weighted by Crippen LogP contribution is -2.30. The van der Waals surface area contributed by atoms with Crippen LogP contribution in [0.5, 0.6) is 0 Å². The molecular weight excluding hydrogens is 317 g/mol. The minimum Gasteiger partial charge on any atom is -0.271 e. The van der Waals surface area contributed by atoms with E-state index in [1.807, 2.05) is 12.3 Å². The fourth-order valence-corrected chi connectivity index (χ4v) is 2.92. The summed E-state index contributed by atoms with van der Waals surface area (Å²) in [5.74, 6) is 5.24. The topological polar surface area (TPSA) is 50.9 Å². The molecule has 0 bridgehead atoms. The number of nitrogens with one attached hydrogen (secondary N) is 1. The Morgan fingerprint density at radius 1 is 1.56 bits per heavy atom. The zero-order chi connectivity index (χ0) is 13.1. The summed E-state index contributed by atoms with van der Waals surface area (Å²) in [6.07, 6.45) is 0.572. The Morgan fingerprint density at radius 3 is 2.94 bits per heavy atom. The number of nitrogens with two attached hydrogens (primary N) is 1. The van der Waals surface area contributed by atoms with Crippen LogP contribution in [0.3, 0.4) is 0 Å². The molecule has 0 radical (unpaired) electrons. The molecule has 1 aromatic carbocycles. The maximum Gasteiger partial charge on any atom is 0.142 e. The van der Waals surface area contributed by atoms with E-state index in [1.54, 1.807) is 29.5 Å². The van der Waals surface area contributed by atoms with Crippen molar-refractivity contribution < 1.29 is 4.39 Å². The Labute approximate surface area is 117 Å². The van der Waals surface area contributed by atoms with Gasteiger partial charge < -0.3 is 0 Å². The van der Waals surface area contributed by atoms with Crippen LogP contribution in [0.25, 0.3) is 0 Å². The van der Waals surface area contributed by atoms with Crippen molar-refractivity contribution in [2.24, 2.45) is 5.84 Å². The molecular formula is C12H13BrFN3S. The van der Waals surface area contributed by atoms with Gasteiger partial charge in [-0.2, -0.15) is 0 Å². The van der Waals surface area contributed by atoms with Gasteiger partial charge in [0, 0.05) is 23.1 Å². The van der Waals surface area contributed by atoms with Gasteiger partial charge in [0.15, 0.2) is 0 Å². The van der Waals surface area contributed by atoms with Crippen molar-refractivity contribution in [3.05, 3.63) is 50.1 Å². The number of thiazole rings is 1. The number of rotatable bonds is 4. The molecule has 0 amide bonds. The molecule has 1 atom stereocenters. The van der Waals surface area contributed by atoms with Crippen molar-refractivity contribution in [3.8, 4) is 0 Å². The van der Waals surface area contributed by atoms with E-state index in [4.69, 9.17) is 5.84 Å². The molecule has 18 heavy (non-hydrogen) atoms. The van der Waals surface area contributed by atoms with Crippen LogP contribution in [0.2, 0.25) is 0 Å². The second-order valence-corrected chi connectivity index (χ2v) is 5.75. The third kappa shape index (κ3) is 2.95. The van der Waals surface area contributed by atoms with Crippen LogP contribution < -0.4 is 11.3 Å². The highest BCUT2D eigenvalue weighted by molar-refractivity contribution is 9.10. The van der Waals surface area contributed by atoms with E-state index in [2.05, 4.69) is 26.3 Å². The lowest BCUT2D eigenvalue weighted by molar-refractivity contribution is 0.507. The molecule has 0 fully saturated rings. The van der Waals surface area contributed by atoms with E-state index in [-0.39, 0.29) is 11.9 Å². The zero-order valence-electron chi connectivity index (χ0n) is 9.78.